The second kappa shape index (κ2) is 8.00. The van der Waals surface area contributed by atoms with Gasteiger partial charge in [0.25, 0.3) is 0 Å². The Bertz CT molecular complexity index is 1170. The van der Waals surface area contributed by atoms with Crippen LogP contribution in [0.15, 0.2) is 35.7 Å². The fourth-order valence-electron chi connectivity index (χ4n) is 3.14. The fraction of sp³-hybridized carbons (Fsp3) is 0.250. The number of halogens is 2. The van der Waals surface area contributed by atoms with Crippen LogP contribution in [-0.4, -0.2) is 27.2 Å². The van der Waals surface area contributed by atoms with E-state index < -0.39 is 11.6 Å². The maximum atomic E-state index is 14.1. The number of amides is 1. The summed E-state index contributed by atoms with van der Waals surface area (Å²) in [6, 6.07) is 7.80. The van der Waals surface area contributed by atoms with Gasteiger partial charge in [-0.1, -0.05) is 17.4 Å². The third kappa shape index (κ3) is 4.20. The number of rotatable bonds is 6. The first-order valence-electron chi connectivity index (χ1n) is 9.00. The quantitative estimate of drug-likeness (QED) is 0.443. The minimum atomic E-state index is -0.730. The van der Waals surface area contributed by atoms with Crippen molar-refractivity contribution in [1.29, 1.82) is 0 Å². The van der Waals surface area contributed by atoms with Gasteiger partial charge in [-0.15, -0.1) is 11.3 Å². The third-order valence-corrected chi connectivity index (χ3v) is 6.38. The van der Waals surface area contributed by atoms with E-state index in [-0.39, 0.29) is 17.8 Å². The summed E-state index contributed by atoms with van der Waals surface area (Å²) in [6.45, 7) is 4.67. The summed E-state index contributed by atoms with van der Waals surface area (Å²) in [5, 5.41) is 6.70. The molecule has 0 saturated carbocycles. The molecule has 0 radical (unpaired) electrons. The van der Waals surface area contributed by atoms with Crippen LogP contribution in [0.1, 0.15) is 16.3 Å². The van der Waals surface area contributed by atoms with Gasteiger partial charge in [-0.3, -0.25) is 14.4 Å². The number of fused-ring (bicyclic) bond motifs is 1. The molecule has 0 fully saturated rings. The number of nitrogens with zero attached hydrogens (tertiary/aromatic N) is 4. The molecule has 0 saturated heterocycles. The first kappa shape index (κ1) is 19.7. The molecular formula is C20H18F2N4OS2. The number of hydrogen-bond donors (Lipinski definition) is 0. The Balaban J connectivity index is 1.66. The van der Waals surface area contributed by atoms with Crippen molar-refractivity contribution in [2.45, 2.75) is 26.8 Å². The van der Waals surface area contributed by atoms with Crippen molar-refractivity contribution in [2.24, 2.45) is 0 Å². The maximum Gasteiger partial charge on any atom is 0.234 e. The van der Waals surface area contributed by atoms with Crippen molar-refractivity contribution in [3.8, 4) is 0 Å². The van der Waals surface area contributed by atoms with E-state index in [9.17, 15) is 13.6 Å². The largest absolute Gasteiger partial charge is 0.286 e. The minimum Gasteiger partial charge on any atom is -0.286 e. The lowest BCUT2D eigenvalue weighted by Crippen LogP contribution is -2.35. The molecular weight excluding hydrogens is 414 g/mol. The second-order valence-corrected chi connectivity index (χ2v) is 8.72. The molecule has 0 aliphatic carbocycles. The average molecular weight is 433 g/mol. The molecule has 9 heteroatoms. The Hall–Kier alpha value is -2.65. The second-order valence-electron chi connectivity index (χ2n) is 6.68. The van der Waals surface area contributed by atoms with Crippen molar-refractivity contribution in [3.05, 3.63) is 63.6 Å². The zero-order valence-electron chi connectivity index (χ0n) is 15.9. The molecule has 4 aromatic rings. The zero-order chi connectivity index (χ0) is 20.5. The Morgan fingerprint density at radius 3 is 2.76 bits per heavy atom. The highest BCUT2D eigenvalue weighted by Gasteiger charge is 2.22. The number of thiazole rings is 1. The van der Waals surface area contributed by atoms with Crippen molar-refractivity contribution in [3.63, 3.8) is 0 Å². The van der Waals surface area contributed by atoms with Crippen LogP contribution in [0, 0.1) is 25.5 Å². The van der Waals surface area contributed by atoms with Gasteiger partial charge in [0.15, 0.2) is 10.9 Å². The Kier molecular flexibility index (Phi) is 5.42. The molecule has 150 valence electrons. The van der Waals surface area contributed by atoms with E-state index in [1.165, 1.54) is 22.3 Å². The number of carbonyl (C=O) groups is 1. The molecule has 3 heterocycles. The van der Waals surface area contributed by atoms with Gasteiger partial charge < -0.3 is 0 Å². The molecule has 0 atom stereocenters. The van der Waals surface area contributed by atoms with Gasteiger partial charge in [-0.25, -0.2) is 13.8 Å². The van der Waals surface area contributed by atoms with Gasteiger partial charge in [0, 0.05) is 23.2 Å². The van der Waals surface area contributed by atoms with Crippen LogP contribution in [-0.2, 0) is 17.8 Å². The number of hydrogen-bond acceptors (Lipinski definition) is 5. The van der Waals surface area contributed by atoms with Crippen LogP contribution in [0.4, 0.5) is 13.9 Å². The highest BCUT2D eigenvalue weighted by atomic mass is 32.1. The van der Waals surface area contributed by atoms with Crippen LogP contribution in [0.5, 0.6) is 0 Å². The van der Waals surface area contributed by atoms with Crippen LogP contribution in [0.3, 0.4) is 0 Å². The van der Waals surface area contributed by atoms with Crippen LogP contribution < -0.4 is 4.90 Å². The van der Waals surface area contributed by atoms with E-state index in [2.05, 4.69) is 10.1 Å². The standard InChI is InChI=1S/C20H18F2N4OS2/c1-12-8-13(2)26(24-12)6-5-25(18(27)11-15-4-3-7-28-15)20-23-19-16(22)9-14(21)10-17(19)29-20/h3-4,7-10H,5-6,11H2,1-2H3. The van der Waals surface area contributed by atoms with Crippen molar-refractivity contribution < 1.29 is 13.6 Å². The maximum absolute atomic E-state index is 14.1. The molecule has 5 nitrogen and oxygen atoms in total. The molecule has 0 spiro atoms. The lowest BCUT2D eigenvalue weighted by molar-refractivity contribution is -0.118. The Morgan fingerprint density at radius 2 is 2.07 bits per heavy atom. The highest BCUT2D eigenvalue weighted by Crippen LogP contribution is 2.31. The molecule has 4 rings (SSSR count). The van der Waals surface area contributed by atoms with E-state index in [1.54, 1.807) is 0 Å². The number of anilines is 1. The first-order chi connectivity index (χ1) is 13.9. The van der Waals surface area contributed by atoms with Gasteiger partial charge in [0.05, 0.1) is 23.4 Å². The summed E-state index contributed by atoms with van der Waals surface area (Å²) >= 11 is 2.61. The van der Waals surface area contributed by atoms with E-state index in [1.807, 2.05) is 42.1 Å². The number of benzene rings is 1. The van der Waals surface area contributed by atoms with Gasteiger partial charge in [0.1, 0.15) is 11.3 Å². The van der Waals surface area contributed by atoms with Crippen LogP contribution in [0.2, 0.25) is 0 Å². The van der Waals surface area contributed by atoms with Gasteiger partial charge >= 0.3 is 0 Å². The average Bonchev–Trinajstić information content (AvgIpc) is 3.36. The predicted octanol–water partition coefficient (Wildman–Crippen LogP) is 4.73. The molecule has 0 bridgehead atoms. The molecule has 3 aromatic heterocycles. The topological polar surface area (TPSA) is 51.0 Å². The summed E-state index contributed by atoms with van der Waals surface area (Å²) in [5.74, 6) is -1.54. The van der Waals surface area contributed by atoms with Gasteiger partial charge in [-0.2, -0.15) is 5.10 Å². The minimum absolute atomic E-state index is 0.0754. The summed E-state index contributed by atoms with van der Waals surface area (Å²) in [5.41, 5.74) is 1.97. The van der Waals surface area contributed by atoms with E-state index >= 15 is 0 Å². The monoisotopic (exact) mass is 432 g/mol. The fourth-order valence-corrected chi connectivity index (χ4v) is 4.89. The lowest BCUT2D eigenvalue weighted by Gasteiger charge is -2.20. The first-order valence-corrected chi connectivity index (χ1v) is 10.7. The molecule has 0 N–H and O–H groups in total. The summed E-state index contributed by atoms with van der Waals surface area (Å²) in [4.78, 5) is 19.8. The molecule has 29 heavy (non-hydrogen) atoms. The van der Waals surface area contributed by atoms with Crippen LogP contribution in [0.25, 0.3) is 10.2 Å². The third-order valence-electron chi connectivity index (χ3n) is 4.48. The molecule has 1 amide bonds. The van der Waals surface area contributed by atoms with E-state index in [4.69, 9.17) is 0 Å². The predicted molar refractivity (Wildman–Crippen MR) is 112 cm³/mol. The summed E-state index contributed by atoms with van der Waals surface area (Å²) in [7, 11) is 0. The smallest absolute Gasteiger partial charge is 0.234 e. The van der Waals surface area contributed by atoms with Crippen molar-refractivity contribution in [1.82, 2.24) is 14.8 Å². The molecule has 0 unspecified atom stereocenters. The Morgan fingerprint density at radius 1 is 1.24 bits per heavy atom. The highest BCUT2D eigenvalue weighted by molar-refractivity contribution is 7.22. The summed E-state index contributed by atoms with van der Waals surface area (Å²) < 4.78 is 29.9. The zero-order valence-corrected chi connectivity index (χ0v) is 17.5. The van der Waals surface area contributed by atoms with Crippen LogP contribution >= 0.6 is 22.7 Å². The summed E-state index contributed by atoms with van der Waals surface area (Å²) in [6.07, 6.45) is 0.224. The van der Waals surface area contributed by atoms with Gasteiger partial charge in [0.2, 0.25) is 5.91 Å². The van der Waals surface area contributed by atoms with E-state index in [0.717, 1.165) is 33.7 Å². The number of aromatic nitrogens is 3. The molecule has 0 aliphatic rings. The number of aryl methyl sites for hydroxylation is 2. The van der Waals surface area contributed by atoms with E-state index in [0.29, 0.717) is 22.9 Å². The number of carbonyl (C=O) groups excluding carboxylic acids is 1. The normalized spacial score (nSPS) is 11.3. The molecule has 1 aromatic carbocycles. The SMILES string of the molecule is Cc1cc(C)n(CCN(C(=O)Cc2cccs2)c2nc3c(F)cc(F)cc3s2)n1. The Labute approximate surface area is 174 Å². The lowest BCUT2D eigenvalue weighted by atomic mass is 10.3. The van der Waals surface area contributed by atoms with Crippen molar-refractivity contribution >= 4 is 43.9 Å². The van der Waals surface area contributed by atoms with Crippen molar-refractivity contribution in [2.75, 3.05) is 11.4 Å². The van der Waals surface area contributed by atoms with Gasteiger partial charge in [-0.05, 0) is 37.4 Å². The number of thiophene rings is 1. The molecule has 0 aliphatic heterocycles.